The molecule has 0 fully saturated rings. The van der Waals surface area contributed by atoms with E-state index in [0.29, 0.717) is 13.1 Å². The number of nitrogens with zero attached hydrogens (tertiary/aromatic N) is 1. The van der Waals surface area contributed by atoms with Gasteiger partial charge in [0.25, 0.3) is 5.91 Å². The van der Waals surface area contributed by atoms with Gasteiger partial charge in [-0.05, 0) is 32.9 Å². The Balaban J connectivity index is 2.92. The van der Waals surface area contributed by atoms with Crippen LogP contribution in [0.1, 0.15) is 31.1 Å². The van der Waals surface area contributed by atoms with Gasteiger partial charge in [-0.25, -0.2) is 8.78 Å². The number of carbonyl (C=O) groups is 2. The number of anilines is 1. The van der Waals surface area contributed by atoms with Gasteiger partial charge >= 0.3 is 0 Å². The summed E-state index contributed by atoms with van der Waals surface area (Å²) in [5, 5.41) is 2.29. The number of nitrogen functional groups attached to an aromatic ring is 1. The van der Waals surface area contributed by atoms with Gasteiger partial charge in [-0.2, -0.15) is 0 Å². The summed E-state index contributed by atoms with van der Waals surface area (Å²) in [5.74, 6) is -3.49. The van der Waals surface area contributed by atoms with Crippen molar-refractivity contribution < 1.29 is 18.4 Å². The van der Waals surface area contributed by atoms with Crippen molar-refractivity contribution in [2.45, 2.75) is 26.8 Å². The predicted octanol–water partition coefficient (Wildman–Crippen LogP) is 1.53. The second kappa shape index (κ2) is 7.01. The van der Waals surface area contributed by atoms with Gasteiger partial charge in [-0.15, -0.1) is 0 Å². The first-order valence-electron chi connectivity index (χ1n) is 6.66. The fourth-order valence-electron chi connectivity index (χ4n) is 1.92. The molecule has 1 aromatic carbocycles. The molecule has 0 heterocycles. The van der Waals surface area contributed by atoms with Crippen molar-refractivity contribution in [1.29, 1.82) is 0 Å². The monoisotopic (exact) mass is 299 g/mol. The van der Waals surface area contributed by atoms with Crippen molar-refractivity contribution in [3.8, 4) is 0 Å². The van der Waals surface area contributed by atoms with Gasteiger partial charge in [0, 0.05) is 13.1 Å². The molecule has 0 aliphatic rings. The van der Waals surface area contributed by atoms with Crippen LogP contribution in [0.4, 0.5) is 14.5 Å². The Morgan fingerprint density at radius 3 is 2.38 bits per heavy atom. The molecule has 1 atom stereocenters. The number of hydrogen-bond acceptors (Lipinski definition) is 3. The molecule has 0 aliphatic heterocycles. The Morgan fingerprint density at radius 1 is 1.29 bits per heavy atom. The highest BCUT2D eigenvalue weighted by Crippen LogP contribution is 2.18. The van der Waals surface area contributed by atoms with Crippen molar-refractivity contribution in [2.24, 2.45) is 0 Å². The Kier molecular flexibility index (Phi) is 5.63. The smallest absolute Gasteiger partial charge is 0.257 e. The van der Waals surface area contributed by atoms with Gasteiger partial charge in [0.15, 0.2) is 5.82 Å². The number of rotatable bonds is 5. The summed E-state index contributed by atoms with van der Waals surface area (Å²) in [6.45, 7) is 6.02. The number of nitrogens with two attached hydrogens (primary N) is 1. The molecule has 2 amide bonds. The van der Waals surface area contributed by atoms with Crippen molar-refractivity contribution in [2.75, 3.05) is 18.8 Å². The quantitative estimate of drug-likeness (QED) is 0.810. The SMILES string of the molecule is CCN(CC)C(=O)C(C)NC(=O)c1c(F)ccc(N)c1F. The third-order valence-electron chi connectivity index (χ3n) is 3.14. The first kappa shape index (κ1) is 16.9. The van der Waals surface area contributed by atoms with E-state index in [1.54, 1.807) is 13.8 Å². The summed E-state index contributed by atoms with van der Waals surface area (Å²) in [6.07, 6.45) is 0. The highest BCUT2D eigenvalue weighted by Gasteiger charge is 2.25. The maximum Gasteiger partial charge on any atom is 0.257 e. The topological polar surface area (TPSA) is 75.4 Å². The van der Waals surface area contributed by atoms with Crippen molar-refractivity contribution in [3.63, 3.8) is 0 Å². The lowest BCUT2D eigenvalue weighted by atomic mass is 10.1. The first-order valence-corrected chi connectivity index (χ1v) is 6.66. The molecule has 0 radical (unpaired) electrons. The highest BCUT2D eigenvalue weighted by molar-refractivity contribution is 5.98. The molecule has 1 rings (SSSR count). The van der Waals surface area contributed by atoms with Crippen LogP contribution in [-0.2, 0) is 4.79 Å². The fraction of sp³-hybridized carbons (Fsp3) is 0.429. The highest BCUT2D eigenvalue weighted by atomic mass is 19.1. The zero-order valence-electron chi connectivity index (χ0n) is 12.2. The van der Waals surface area contributed by atoms with Gasteiger partial charge in [0.05, 0.1) is 5.69 Å². The largest absolute Gasteiger partial charge is 0.396 e. The van der Waals surface area contributed by atoms with E-state index in [0.717, 1.165) is 12.1 Å². The van der Waals surface area contributed by atoms with Crippen LogP contribution in [0.3, 0.4) is 0 Å². The number of carbonyl (C=O) groups excluding carboxylic acids is 2. The maximum absolute atomic E-state index is 13.7. The van der Waals surface area contributed by atoms with Crippen LogP contribution in [0.5, 0.6) is 0 Å². The lowest BCUT2D eigenvalue weighted by molar-refractivity contribution is -0.132. The zero-order valence-corrected chi connectivity index (χ0v) is 12.2. The average Bonchev–Trinajstić information content (AvgIpc) is 2.44. The van der Waals surface area contributed by atoms with E-state index >= 15 is 0 Å². The molecule has 1 aromatic rings. The number of halogens is 2. The molecule has 1 unspecified atom stereocenters. The first-order chi connectivity index (χ1) is 9.83. The molecule has 0 spiro atoms. The zero-order chi connectivity index (χ0) is 16.2. The molecule has 0 bridgehead atoms. The standard InChI is InChI=1S/C14H19F2N3O2/c1-4-19(5-2)14(21)8(3)18-13(20)11-9(15)6-7-10(17)12(11)16/h6-8H,4-5,17H2,1-3H3,(H,18,20). The van der Waals surface area contributed by atoms with Gasteiger partial charge in [-0.1, -0.05) is 0 Å². The Bertz CT molecular complexity index is 545. The van der Waals surface area contributed by atoms with Crippen LogP contribution in [0, 0.1) is 11.6 Å². The number of hydrogen-bond donors (Lipinski definition) is 2. The molecular weight excluding hydrogens is 280 g/mol. The minimum atomic E-state index is -1.13. The van der Waals surface area contributed by atoms with E-state index < -0.39 is 29.1 Å². The fourth-order valence-corrected chi connectivity index (χ4v) is 1.92. The Hall–Kier alpha value is -2.18. The van der Waals surface area contributed by atoms with E-state index in [1.165, 1.54) is 11.8 Å². The van der Waals surface area contributed by atoms with Gasteiger partial charge < -0.3 is 16.0 Å². The second-order valence-corrected chi connectivity index (χ2v) is 4.53. The van der Waals surface area contributed by atoms with Crippen molar-refractivity contribution in [1.82, 2.24) is 10.2 Å². The van der Waals surface area contributed by atoms with E-state index in [2.05, 4.69) is 5.32 Å². The summed E-state index contributed by atoms with van der Waals surface area (Å²) < 4.78 is 27.3. The van der Waals surface area contributed by atoms with Crippen LogP contribution in [0.15, 0.2) is 12.1 Å². The molecule has 0 aromatic heterocycles. The molecule has 21 heavy (non-hydrogen) atoms. The van der Waals surface area contributed by atoms with E-state index in [-0.39, 0.29) is 11.6 Å². The van der Waals surface area contributed by atoms with Crippen molar-refractivity contribution >= 4 is 17.5 Å². The lowest BCUT2D eigenvalue weighted by Crippen LogP contribution is -2.47. The summed E-state index contributed by atoms with van der Waals surface area (Å²) in [4.78, 5) is 25.5. The van der Waals surface area contributed by atoms with Crippen LogP contribution >= 0.6 is 0 Å². The minimum absolute atomic E-state index is 0.321. The maximum atomic E-state index is 13.7. The molecule has 0 aliphatic carbocycles. The average molecular weight is 299 g/mol. The normalized spacial score (nSPS) is 11.9. The number of likely N-dealkylation sites (N-methyl/N-ethyl adjacent to an activating group) is 1. The molecule has 7 heteroatoms. The van der Waals surface area contributed by atoms with Crippen LogP contribution in [0.2, 0.25) is 0 Å². The molecule has 3 N–H and O–H groups in total. The molecule has 0 saturated carbocycles. The number of nitrogens with one attached hydrogen (secondary N) is 1. The lowest BCUT2D eigenvalue weighted by Gasteiger charge is -2.23. The summed E-state index contributed by atoms with van der Waals surface area (Å²) in [7, 11) is 0. The molecular formula is C14H19F2N3O2. The number of amides is 2. The van der Waals surface area contributed by atoms with E-state index in [1.807, 2.05) is 0 Å². The van der Waals surface area contributed by atoms with Crippen LogP contribution in [0.25, 0.3) is 0 Å². The second-order valence-electron chi connectivity index (χ2n) is 4.53. The van der Waals surface area contributed by atoms with E-state index in [9.17, 15) is 18.4 Å². The van der Waals surface area contributed by atoms with Gasteiger partial charge in [-0.3, -0.25) is 9.59 Å². The summed E-state index contributed by atoms with van der Waals surface area (Å²) in [6, 6.07) is 1.05. The van der Waals surface area contributed by atoms with Crippen LogP contribution in [-0.4, -0.2) is 35.8 Å². The molecule has 116 valence electrons. The molecule has 5 nitrogen and oxygen atoms in total. The summed E-state index contributed by atoms with van der Waals surface area (Å²) >= 11 is 0. The van der Waals surface area contributed by atoms with Gasteiger partial charge in [0.2, 0.25) is 5.91 Å². The minimum Gasteiger partial charge on any atom is -0.396 e. The third kappa shape index (κ3) is 3.68. The summed E-state index contributed by atoms with van der Waals surface area (Å²) in [5.41, 5.74) is 4.20. The van der Waals surface area contributed by atoms with E-state index in [4.69, 9.17) is 5.73 Å². The third-order valence-corrected chi connectivity index (χ3v) is 3.14. The Labute approximate surface area is 122 Å². The number of benzene rings is 1. The Morgan fingerprint density at radius 2 is 1.86 bits per heavy atom. The van der Waals surface area contributed by atoms with Gasteiger partial charge in [0.1, 0.15) is 17.4 Å². The van der Waals surface area contributed by atoms with Crippen LogP contribution < -0.4 is 11.1 Å². The van der Waals surface area contributed by atoms with Crippen molar-refractivity contribution in [3.05, 3.63) is 29.3 Å². The molecule has 0 saturated heterocycles. The predicted molar refractivity (Wildman–Crippen MR) is 75.6 cm³/mol.